The first-order valence-electron chi connectivity index (χ1n) is 9.10. The van der Waals surface area contributed by atoms with Crippen molar-refractivity contribution in [2.45, 2.75) is 27.2 Å². The van der Waals surface area contributed by atoms with Gasteiger partial charge in [0.1, 0.15) is 5.75 Å². The number of rotatable bonds is 6. The van der Waals surface area contributed by atoms with E-state index in [1.54, 1.807) is 24.5 Å². The molecule has 3 aromatic heterocycles. The van der Waals surface area contributed by atoms with Gasteiger partial charge in [-0.15, -0.1) is 0 Å². The van der Waals surface area contributed by atoms with E-state index >= 15 is 0 Å². The van der Waals surface area contributed by atoms with E-state index in [9.17, 15) is 0 Å². The van der Waals surface area contributed by atoms with E-state index in [1.807, 2.05) is 32.9 Å². The number of aryl methyl sites for hydroxylation is 2. The number of benzene rings is 1. The number of aromatic nitrogens is 4. The predicted octanol–water partition coefficient (Wildman–Crippen LogP) is 4.88. The van der Waals surface area contributed by atoms with Gasteiger partial charge in [-0.2, -0.15) is 9.97 Å². The molecule has 0 N–H and O–H groups in total. The van der Waals surface area contributed by atoms with Crippen LogP contribution in [0.2, 0.25) is 0 Å². The van der Waals surface area contributed by atoms with Crippen LogP contribution in [-0.2, 0) is 0 Å². The Labute approximate surface area is 162 Å². The van der Waals surface area contributed by atoms with Crippen molar-refractivity contribution >= 4 is 11.2 Å². The molecule has 3 heterocycles. The van der Waals surface area contributed by atoms with E-state index in [2.05, 4.69) is 26.0 Å². The third-order valence-electron chi connectivity index (χ3n) is 3.96. The molecule has 0 aliphatic heterocycles. The summed E-state index contributed by atoms with van der Waals surface area (Å²) in [7, 11) is 0. The Morgan fingerprint density at radius 1 is 1.04 bits per heavy atom. The van der Waals surface area contributed by atoms with E-state index in [1.165, 1.54) is 0 Å². The summed E-state index contributed by atoms with van der Waals surface area (Å²) in [6.07, 6.45) is 4.09. The lowest BCUT2D eigenvalue weighted by molar-refractivity contribution is 0.302. The average Bonchev–Trinajstić information content (AvgIpc) is 3.10. The van der Waals surface area contributed by atoms with Gasteiger partial charge < -0.3 is 13.9 Å². The first kappa shape index (κ1) is 17.9. The maximum Gasteiger partial charge on any atom is 0.328 e. The van der Waals surface area contributed by atoms with E-state index < -0.39 is 0 Å². The van der Waals surface area contributed by atoms with Crippen LogP contribution < -0.4 is 9.47 Å². The topological polar surface area (TPSA) is 83.2 Å². The molecule has 7 heteroatoms. The van der Waals surface area contributed by atoms with Gasteiger partial charge in [0.2, 0.25) is 5.89 Å². The standard InChI is InChI=1S/C21H20N4O3/c1-4-8-26-19-17-20(25-21(24-19)27-16-6-5-7-22-12-16)28-18(23-17)15-10-13(2)9-14(3)11-15/h5-7,9-12H,4,8H2,1-3H3. The highest BCUT2D eigenvalue weighted by atomic mass is 16.5. The van der Waals surface area contributed by atoms with Gasteiger partial charge in [0.05, 0.1) is 12.8 Å². The van der Waals surface area contributed by atoms with E-state index in [0.29, 0.717) is 35.4 Å². The van der Waals surface area contributed by atoms with Gasteiger partial charge in [-0.1, -0.05) is 24.1 Å². The van der Waals surface area contributed by atoms with Crippen LogP contribution in [0.25, 0.3) is 22.7 Å². The summed E-state index contributed by atoms with van der Waals surface area (Å²) in [5, 5.41) is 0. The molecule has 0 aliphatic rings. The van der Waals surface area contributed by atoms with Gasteiger partial charge in [-0.25, -0.2) is 4.98 Å². The van der Waals surface area contributed by atoms with Crippen LogP contribution >= 0.6 is 0 Å². The zero-order chi connectivity index (χ0) is 19.5. The van der Waals surface area contributed by atoms with Crippen LogP contribution in [0.1, 0.15) is 24.5 Å². The molecule has 0 fully saturated rings. The van der Waals surface area contributed by atoms with Crippen molar-refractivity contribution in [3.63, 3.8) is 0 Å². The van der Waals surface area contributed by atoms with Crippen molar-refractivity contribution in [3.05, 3.63) is 53.9 Å². The van der Waals surface area contributed by atoms with Crippen LogP contribution in [0.5, 0.6) is 17.6 Å². The van der Waals surface area contributed by atoms with Crippen LogP contribution in [-0.4, -0.2) is 26.5 Å². The summed E-state index contributed by atoms with van der Waals surface area (Å²) in [5.41, 5.74) is 3.93. The molecule has 142 valence electrons. The Bertz CT molecular complexity index is 1090. The van der Waals surface area contributed by atoms with Gasteiger partial charge in [-0.05, 0) is 44.5 Å². The van der Waals surface area contributed by atoms with Crippen LogP contribution in [0.4, 0.5) is 0 Å². The van der Waals surface area contributed by atoms with Crippen molar-refractivity contribution < 1.29 is 13.9 Å². The van der Waals surface area contributed by atoms with Gasteiger partial charge in [0.15, 0.2) is 5.52 Å². The number of hydrogen-bond donors (Lipinski definition) is 0. The van der Waals surface area contributed by atoms with Crippen LogP contribution in [0, 0.1) is 13.8 Å². The molecule has 4 aromatic rings. The zero-order valence-corrected chi connectivity index (χ0v) is 16.0. The summed E-state index contributed by atoms with van der Waals surface area (Å²) in [6, 6.07) is 9.80. The minimum Gasteiger partial charge on any atom is -0.476 e. The minimum absolute atomic E-state index is 0.120. The lowest BCUT2D eigenvalue weighted by Crippen LogP contribution is -2.01. The summed E-state index contributed by atoms with van der Waals surface area (Å²) >= 11 is 0. The van der Waals surface area contributed by atoms with E-state index in [-0.39, 0.29) is 6.01 Å². The molecule has 0 unspecified atom stereocenters. The van der Waals surface area contributed by atoms with Crippen molar-refractivity contribution in [2.75, 3.05) is 6.61 Å². The second-order valence-corrected chi connectivity index (χ2v) is 6.50. The summed E-state index contributed by atoms with van der Waals surface area (Å²) in [6.45, 7) is 6.60. The molecule has 0 spiro atoms. The third-order valence-corrected chi connectivity index (χ3v) is 3.96. The number of pyridine rings is 1. The molecule has 0 radical (unpaired) electrons. The lowest BCUT2D eigenvalue weighted by atomic mass is 10.1. The highest BCUT2D eigenvalue weighted by Gasteiger charge is 2.19. The molecule has 0 saturated carbocycles. The fraction of sp³-hybridized carbons (Fsp3) is 0.238. The molecule has 4 rings (SSSR count). The molecule has 0 saturated heterocycles. The maximum absolute atomic E-state index is 5.93. The van der Waals surface area contributed by atoms with Crippen molar-refractivity contribution in [3.8, 4) is 29.1 Å². The molecular formula is C21H20N4O3. The highest BCUT2D eigenvalue weighted by Crippen LogP contribution is 2.31. The van der Waals surface area contributed by atoms with Gasteiger partial charge in [0.25, 0.3) is 11.6 Å². The highest BCUT2D eigenvalue weighted by molar-refractivity contribution is 5.78. The Balaban J connectivity index is 1.79. The number of ether oxygens (including phenoxy) is 2. The number of nitrogens with zero attached hydrogens (tertiary/aromatic N) is 4. The van der Waals surface area contributed by atoms with Gasteiger partial charge in [-0.3, -0.25) is 4.98 Å². The SMILES string of the molecule is CCCOc1nc(Oc2cccnc2)nc2oc(-c3cc(C)cc(C)c3)nc12. The molecular weight excluding hydrogens is 356 g/mol. The zero-order valence-electron chi connectivity index (χ0n) is 16.0. The summed E-state index contributed by atoms with van der Waals surface area (Å²) in [4.78, 5) is 17.3. The molecule has 1 aromatic carbocycles. The number of oxazole rings is 1. The fourth-order valence-electron chi connectivity index (χ4n) is 2.86. The smallest absolute Gasteiger partial charge is 0.328 e. The fourth-order valence-corrected chi connectivity index (χ4v) is 2.86. The second-order valence-electron chi connectivity index (χ2n) is 6.50. The Hall–Kier alpha value is -3.48. The van der Waals surface area contributed by atoms with Crippen molar-refractivity contribution in [1.29, 1.82) is 0 Å². The molecule has 0 aliphatic carbocycles. The van der Waals surface area contributed by atoms with E-state index in [4.69, 9.17) is 13.9 Å². The Kier molecular flexibility index (Phi) is 4.89. The Morgan fingerprint density at radius 3 is 2.57 bits per heavy atom. The average molecular weight is 376 g/mol. The molecule has 0 bridgehead atoms. The molecule has 7 nitrogen and oxygen atoms in total. The first-order valence-corrected chi connectivity index (χ1v) is 9.10. The van der Waals surface area contributed by atoms with Gasteiger partial charge >= 0.3 is 6.01 Å². The minimum atomic E-state index is 0.120. The predicted molar refractivity (Wildman–Crippen MR) is 105 cm³/mol. The normalized spacial score (nSPS) is 11.0. The van der Waals surface area contributed by atoms with Crippen molar-refractivity contribution in [1.82, 2.24) is 19.9 Å². The quantitative estimate of drug-likeness (QED) is 0.474. The number of hydrogen-bond acceptors (Lipinski definition) is 7. The van der Waals surface area contributed by atoms with Crippen LogP contribution in [0.3, 0.4) is 0 Å². The maximum atomic E-state index is 5.93. The number of fused-ring (bicyclic) bond motifs is 1. The summed E-state index contributed by atoms with van der Waals surface area (Å²) in [5.74, 6) is 1.33. The largest absolute Gasteiger partial charge is 0.476 e. The Morgan fingerprint density at radius 2 is 1.86 bits per heavy atom. The van der Waals surface area contributed by atoms with Crippen LogP contribution in [0.15, 0.2) is 47.1 Å². The molecule has 0 amide bonds. The third kappa shape index (κ3) is 3.78. The lowest BCUT2D eigenvalue weighted by Gasteiger charge is -2.06. The summed E-state index contributed by atoms with van der Waals surface area (Å²) < 4.78 is 17.4. The first-order chi connectivity index (χ1) is 13.6. The molecule has 0 atom stereocenters. The monoisotopic (exact) mass is 376 g/mol. The van der Waals surface area contributed by atoms with E-state index in [0.717, 1.165) is 23.1 Å². The second kappa shape index (κ2) is 7.64. The van der Waals surface area contributed by atoms with Crippen molar-refractivity contribution in [2.24, 2.45) is 0 Å². The molecule has 28 heavy (non-hydrogen) atoms. The van der Waals surface area contributed by atoms with Gasteiger partial charge in [0, 0.05) is 11.8 Å².